The van der Waals surface area contributed by atoms with Crippen LogP contribution in [-0.2, 0) is 14.3 Å². The van der Waals surface area contributed by atoms with Gasteiger partial charge >= 0.3 is 12.1 Å². The van der Waals surface area contributed by atoms with E-state index in [1.165, 1.54) is 0 Å². The molecule has 1 amide bonds. The third kappa shape index (κ3) is 5.00. The third-order valence-corrected chi connectivity index (χ3v) is 2.83. The monoisotopic (exact) mass is 287 g/mol. The van der Waals surface area contributed by atoms with Crippen LogP contribution >= 0.6 is 0 Å². The molecule has 20 heavy (non-hydrogen) atoms. The number of hydrogen-bond acceptors (Lipinski definition) is 4. The Kier molecular flexibility index (Phi) is 4.69. The molecule has 0 unspecified atom stereocenters. The summed E-state index contributed by atoms with van der Waals surface area (Å²) in [4.78, 5) is 22.9. The summed E-state index contributed by atoms with van der Waals surface area (Å²) in [5.74, 6) is -1.56. The molecule has 116 valence electrons. The van der Waals surface area contributed by atoms with Crippen molar-refractivity contribution >= 4 is 12.1 Å². The number of hydrogen-bond donors (Lipinski definition) is 2. The van der Waals surface area contributed by atoms with E-state index in [9.17, 15) is 9.59 Å². The molecule has 0 aromatic rings. The number of amides is 1. The Morgan fingerprint density at radius 3 is 2.05 bits per heavy atom. The Labute approximate surface area is 119 Å². The lowest BCUT2D eigenvalue weighted by atomic mass is 9.76. The lowest BCUT2D eigenvalue weighted by Gasteiger charge is -2.45. The van der Waals surface area contributed by atoms with E-state index in [4.69, 9.17) is 14.6 Å². The fourth-order valence-corrected chi connectivity index (χ4v) is 2.07. The van der Waals surface area contributed by atoms with Gasteiger partial charge in [-0.15, -0.1) is 0 Å². The van der Waals surface area contributed by atoms with Gasteiger partial charge in [-0.25, -0.2) is 4.79 Å². The molecule has 2 N–H and O–H groups in total. The first-order valence-electron chi connectivity index (χ1n) is 6.79. The Hall–Kier alpha value is -1.30. The number of aliphatic carboxylic acids is 1. The summed E-state index contributed by atoms with van der Waals surface area (Å²) < 4.78 is 10.9. The Bertz CT molecular complexity index is 380. The molecule has 0 radical (unpaired) electrons. The molecule has 0 aromatic carbocycles. The Morgan fingerprint density at radius 1 is 1.10 bits per heavy atom. The lowest BCUT2D eigenvalue weighted by molar-refractivity contribution is -0.167. The van der Waals surface area contributed by atoms with E-state index in [1.807, 2.05) is 20.8 Å². The first-order valence-corrected chi connectivity index (χ1v) is 6.79. The average molecular weight is 287 g/mol. The van der Waals surface area contributed by atoms with Crippen molar-refractivity contribution in [3.8, 4) is 0 Å². The molecule has 1 aliphatic carbocycles. The van der Waals surface area contributed by atoms with E-state index >= 15 is 0 Å². The van der Waals surface area contributed by atoms with E-state index in [-0.39, 0.29) is 11.7 Å². The Morgan fingerprint density at radius 2 is 1.65 bits per heavy atom. The van der Waals surface area contributed by atoms with Gasteiger partial charge < -0.3 is 19.9 Å². The summed E-state index contributed by atoms with van der Waals surface area (Å²) in [5.41, 5.74) is -1.01. The Balaban J connectivity index is 2.65. The van der Waals surface area contributed by atoms with Crippen LogP contribution in [0.15, 0.2) is 0 Å². The van der Waals surface area contributed by atoms with Gasteiger partial charge in [-0.2, -0.15) is 0 Å². The summed E-state index contributed by atoms with van der Waals surface area (Å²) in [6.45, 7) is 10.9. The summed E-state index contributed by atoms with van der Waals surface area (Å²) in [6.07, 6.45) is -0.521. The fourth-order valence-electron chi connectivity index (χ4n) is 2.07. The summed E-state index contributed by atoms with van der Waals surface area (Å²) >= 11 is 0. The van der Waals surface area contributed by atoms with Crippen molar-refractivity contribution < 1.29 is 24.2 Å². The molecule has 6 heteroatoms. The molecule has 0 saturated heterocycles. The average Bonchev–Trinajstić information content (AvgIpc) is 2.16. The number of alkyl carbamates (subject to hydrolysis) is 1. The molecular weight excluding hydrogens is 262 g/mol. The molecule has 1 saturated carbocycles. The quantitative estimate of drug-likeness (QED) is 0.831. The highest BCUT2D eigenvalue weighted by molar-refractivity contribution is 5.75. The molecule has 1 fully saturated rings. The molecule has 0 bridgehead atoms. The van der Waals surface area contributed by atoms with Crippen molar-refractivity contribution in [3.63, 3.8) is 0 Å². The van der Waals surface area contributed by atoms with Gasteiger partial charge in [0.25, 0.3) is 0 Å². The first kappa shape index (κ1) is 16.8. The highest BCUT2D eigenvalue weighted by Gasteiger charge is 2.49. The number of ether oxygens (including phenoxy) is 2. The standard InChI is InChI=1S/C14H25NO5/c1-13(2,3)19-9-7-8(11(16)17)10(9)15-12(18)20-14(4,5)6/h8-10H,7H2,1-6H3,(H,15,18)(H,16,17)/t8-,9+,10-/m0/s1. The smallest absolute Gasteiger partial charge is 0.407 e. The normalized spacial score (nSPS) is 26.6. The van der Waals surface area contributed by atoms with Crippen LogP contribution in [0.3, 0.4) is 0 Å². The number of carboxylic acids is 1. The third-order valence-electron chi connectivity index (χ3n) is 2.83. The summed E-state index contributed by atoms with van der Waals surface area (Å²) in [7, 11) is 0. The van der Waals surface area contributed by atoms with E-state index in [0.717, 1.165) is 0 Å². The van der Waals surface area contributed by atoms with Gasteiger partial charge in [0.05, 0.1) is 23.7 Å². The SMILES string of the molecule is CC(C)(C)OC(=O)N[C@H]1[C@@H](C(=O)O)C[C@H]1OC(C)(C)C. The maximum Gasteiger partial charge on any atom is 0.407 e. The number of carbonyl (C=O) groups is 2. The second kappa shape index (κ2) is 5.60. The van der Waals surface area contributed by atoms with Crippen LogP contribution in [0.5, 0.6) is 0 Å². The van der Waals surface area contributed by atoms with Gasteiger partial charge in [-0.05, 0) is 48.0 Å². The van der Waals surface area contributed by atoms with Crippen molar-refractivity contribution in [3.05, 3.63) is 0 Å². The molecule has 0 aliphatic heterocycles. The van der Waals surface area contributed by atoms with Gasteiger partial charge in [-0.3, -0.25) is 4.79 Å². The van der Waals surface area contributed by atoms with E-state index in [1.54, 1.807) is 20.8 Å². The fraction of sp³-hybridized carbons (Fsp3) is 0.857. The van der Waals surface area contributed by atoms with Crippen molar-refractivity contribution in [2.75, 3.05) is 0 Å². The topological polar surface area (TPSA) is 84.9 Å². The summed E-state index contributed by atoms with van der Waals surface area (Å²) in [5, 5.41) is 11.7. The zero-order chi connectivity index (χ0) is 15.7. The summed E-state index contributed by atoms with van der Waals surface area (Å²) in [6, 6.07) is -0.554. The van der Waals surface area contributed by atoms with Crippen molar-refractivity contribution in [1.82, 2.24) is 5.32 Å². The molecule has 0 aromatic heterocycles. The number of nitrogens with one attached hydrogen (secondary N) is 1. The van der Waals surface area contributed by atoms with Gasteiger partial charge in [0, 0.05) is 0 Å². The number of carbonyl (C=O) groups excluding carboxylic acids is 1. The van der Waals surface area contributed by atoms with Crippen LogP contribution in [0.25, 0.3) is 0 Å². The zero-order valence-electron chi connectivity index (χ0n) is 13.0. The van der Waals surface area contributed by atoms with Crippen LogP contribution in [0.2, 0.25) is 0 Å². The van der Waals surface area contributed by atoms with E-state index in [0.29, 0.717) is 6.42 Å². The van der Waals surface area contributed by atoms with Crippen molar-refractivity contribution in [2.45, 2.75) is 71.3 Å². The van der Waals surface area contributed by atoms with Crippen LogP contribution in [0, 0.1) is 5.92 Å². The van der Waals surface area contributed by atoms with Gasteiger partial charge in [0.1, 0.15) is 5.60 Å². The highest BCUT2D eigenvalue weighted by atomic mass is 16.6. The molecule has 1 aliphatic rings. The van der Waals surface area contributed by atoms with Gasteiger partial charge in [-0.1, -0.05) is 0 Å². The first-order chi connectivity index (χ1) is 8.89. The molecule has 6 nitrogen and oxygen atoms in total. The number of carboxylic acid groups (broad SMARTS) is 1. The predicted molar refractivity (Wildman–Crippen MR) is 73.5 cm³/mol. The lowest BCUT2D eigenvalue weighted by Crippen LogP contribution is -2.62. The van der Waals surface area contributed by atoms with Gasteiger partial charge in [0.15, 0.2) is 0 Å². The molecular formula is C14H25NO5. The largest absolute Gasteiger partial charge is 0.481 e. The van der Waals surface area contributed by atoms with E-state index in [2.05, 4.69) is 5.32 Å². The highest BCUT2D eigenvalue weighted by Crippen LogP contribution is 2.34. The maximum atomic E-state index is 11.8. The molecule has 0 heterocycles. The second-order valence-corrected chi connectivity index (χ2v) is 7.12. The van der Waals surface area contributed by atoms with Crippen molar-refractivity contribution in [2.24, 2.45) is 5.92 Å². The van der Waals surface area contributed by atoms with Crippen LogP contribution < -0.4 is 5.32 Å². The molecule has 0 spiro atoms. The molecule has 1 rings (SSSR count). The predicted octanol–water partition coefficient (Wildman–Crippen LogP) is 2.17. The maximum absolute atomic E-state index is 11.8. The van der Waals surface area contributed by atoms with Crippen molar-refractivity contribution in [1.29, 1.82) is 0 Å². The number of rotatable bonds is 3. The minimum Gasteiger partial charge on any atom is -0.481 e. The second-order valence-electron chi connectivity index (χ2n) is 7.12. The zero-order valence-corrected chi connectivity index (χ0v) is 13.0. The molecule has 3 atom stereocenters. The van der Waals surface area contributed by atoms with Crippen LogP contribution in [0.1, 0.15) is 48.0 Å². The van der Waals surface area contributed by atoms with Gasteiger partial charge in [0.2, 0.25) is 0 Å². The minimum atomic E-state index is -0.931. The van der Waals surface area contributed by atoms with Crippen LogP contribution in [-0.4, -0.2) is 40.5 Å². The van der Waals surface area contributed by atoms with E-state index < -0.39 is 29.6 Å². The minimum absolute atomic E-state index is 0.302. The van der Waals surface area contributed by atoms with Crippen LogP contribution in [0.4, 0.5) is 4.79 Å².